The minimum atomic E-state index is -1.40. The van der Waals surface area contributed by atoms with Crippen LogP contribution in [-0.2, 0) is 4.79 Å². The fourth-order valence-electron chi connectivity index (χ4n) is 4.26. The Morgan fingerprint density at radius 3 is 2.25 bits per heavy atom. The number of likely N-dealkylation sites (tertiary alicyclic amines) is 1. The number of ether oxygens (including phenoxy) is 2. The molecular formula is C25H28Cl2N2O7. The number of benzene rings is 2. The van der Waals surface area contributed by atoms with Crippen LogP contribution in [-0.4, -0.2) is 65.4 Å². The molecule has 1 heterocycles. The molecule has 9 nitrogen and oxygen atoms in total. The predicted molar refractivity (Wildman–Crippen MR) is 134 cm³/mol. The van der Waals surface area contributed by atoms with Gasteiger partial charge in [-0.05, 0) is 61.7 Å². The van der Waals surface area contributed by atoms with Crippen molar-refractivity contribution in [3.05, 3.63) is 57.6 Å². The summed E-state index contributed by atoms with van der Waals surface area (Å²) in [6, 6.07) is 9.18. The molecule has 194 valence electrons. The van der Waals surface area contributed by atoms with Gasteiger partial charge in [-0.2, -0.15) is 0 Å². The van der Waals surface area contributed by atoms with Crippen LogP contribution in [0.3, 0.4) is 0 Å². The van der Waals surface area contributed by atoms with Crippen molar-refractivity contribution < 1.29 is 34.1 Å². The first-order valence-electron chi connectivity index (χ1n) is 11.4. The van der Waals surface area contributed by atoms with Gasteiger partial charge in [-0.1, -0.05) is 30.1 Å². The molecule has 11 heteroatoms. The Bertz CT molecular complexity index is 1100. The standard InChI is InChI=1S/C25H28Cl2N2O7/c1-3-25(23(31)32)14-29(24(33)34)9-8-20(25)28-22(30)16-4-6-17(7-5-16)35-10-11-36-21-18(26)12-15(2)13-19(21)27/h4-7,12-13,20H,3,8-11,14H2,1-2H3,(H,28,30)(H,31,32)(H,33,34). The van der Waals surface area contributed by atoms with E-state index < -0.39 is 29.4 Å². The molecule has 0 spiro atoms. The Labute approximate surface area is 218 Å². The number of hydrogen-bond acceptors (Lipinski definition) is 5. The second-order valence-corrected chi connectivity index (χ2v) is 9.43. The Morgan fingerprint density at radius 1 is 1.08 bits per heavy atom. The number of hydrogen-bond donors (Lipinski definition) is 3. The molecule has 0 saturated carbocycles. The summed E-state index contributed by atoms with van der Waals surface area (Å²) < 4.78 is 11.3. The Morgan fingerprint density at radius 2 is 1.69 bits per heavy atom. The first-order chi connectivity index (χ1) is 17.1. The third-order valence-corrected chi connectivity index (χ3v) is 6.88. The van der Waals surface area contributed by atoms with Crippen molar-refractivity contribution in [2.75, 3.05) is 26.3 Å². The molecule has 1 aliphatic heterocycles. The smallest absolute Gasteiger partial charge is 0.407 e. The van der Waals surface area contributed by atoms with E-state index in [0.29, 0.717) is 27.1 Å². The molecule has 2 atom stereocenters. The fourth-order valence-corrected chi connectivity index (χ4v) is 4.97. The van der Waals surface area contributed by atoms with Crippen molar-refractivity contribution in [3.63, 3.8) is 0 Å². The van der Waals surface area contributed by atoms with Crippen LogP contribution in [0.2, 0.25) is 10.0 Å². The summed E-state index contributed by atoms with van der Waals surface area (Å²) in [4.78, 5) is 37.4. The summed E-state index contributed by atoms with van der Waals surface area (Å²) in [6.45, 7) is 3.92. The van der Waals surface area contributed by atoms with Gasteiger partial charge in [0.1, 0.15) is 24.4 Å². The van der Waals surface area contributed by atoms with E-state index in [9.17, 15) is 24.6 Å². The SMILES string of the molecule is CCC1(C(=O)O)CN(C(=O)O)CCC1NC(=O)c1ccc(OCCOc2c(Cl)cc(C)cc2Cl)cc1. The number of aryl methyl sites for hydroxylation is 1. The Kier molecular flexibility index (Phi) is 8.92. The number of nitrogens with zero attached hydrogens (tertiary/aromatic N) is 1. The number of halogens is 2. The Hall–Kier alpha value is -3.17. The van der Waals surface area contributed by atoms with Crippen molar-refractivity contribution >= 4 is 41.2 Å². The lowest BCUT2D eigenvalue weighted by Gasteiger charge is -2.44. The number of piperidine rings is 1. The van der Waals surface area contributed by atoms with Crippen molar-refractivity contribution in [1.82, 2.24) is 10.2 Å². The zero-order chi connectivity index (χ0) is 26.5. The molecule has 2 amide bonds. The molecule has 1 aliphatic rings. The summed E-state index contributed by atoms with van der Waals surface area (Å²) >= 11 is 12.3. The summed E-state index contributed by atoms with van der Waals surface area (Å²) in [5, 5.41) is 22.8. The minimum Gasteiger partial charge on any atom is -0.490 e. The van der Waals surface area contributed by atoms with Gasteiger partial charge in [0.15, 0.2) is 5.75 Å². The van der Waals surface area contributed by atoms with Gasteiger partial charge in [0.05, 0.1) is 10.0 Å². The van der Waals surface area contributed by atoms with Crippen LogP contribution in [0.4, 0.5) is 4.79 Å². The zero-order valence-electron chi connectivity index (χ0n) is 19.9. The second kappa shape index (κ2) is 11.7. The third kappa shape index (κ3) is 6.14. The van der Waals surface area contributed by atoms with Gasteiger partial charge >= 0.3 is 12.1 Å². The first-order valence-corrected chi connectivity index (χ1v) is 12.2. The minimum absolute atomic E-state index is 0.142. The van der Waals surface area contributed by atoms with Crippen LogP contribution in [0.1, 0.15) is 35.7 Å². The topological polar surface area (TPSA) is 125 Å². The second-order valence-electron chi connectivity index (χ2n) is 8.61. The summed E-state index contributed by atoms with van der Waals surface area (Å²) in [5.41, 5.74) is -0.154. The summed E-state index contributed by atoms with van der Waals surface area (Å²) in [6.07, 6.45) is -0.802. The number of carbonyl (C=O) groups is 3. The number of carbonyl (C=O) groups excluding carboxylic acids is 1. The van der Waals surface area contributed by atoms with Gasteiger partial charge in [0.2, 0.25) is 0 Å². The van der Waals surface area contributed by atoms with E-state index in [-0.39, 0.29) is 39.1 Å². The molecule has 2 unspecified atom stereocenters. The maximum Gasteiger partial charge on any atom is 0.407 e. The molecule has 1 saturated heterocycles. The number of nitrogens with one attached hydrogen (secondary N) is 1. The average Bonchev–Trinajstić information content (AvgIpc) is 2.83. The van der Waals surface area contributed by atoms with Gasteiger partial charge in [-0.25, -0.2) is 4.79 Å². The molecule has 0 radical (unpaired) electrons. The van der Waals surface area contributed by atoms with E-state index in [2.05, 4.69) is 5.32 Å². The molecule has 0 aromatic heterocycles. The molecule has 3 rings (SSSR count). The molecule has 0 aliphatic carbocycles. The maximum atomic E-state index is 12.9. The van der Waals surface area contributed by atoms with Crippen LogP contribution in [0.5, 0.6) is 11.5 Å². The highest BCUT2D eigenvalue weighted by molar-refractivity contribution is 6.37. The number of carboxylic acids is 1. The van der Waals surface area contributed by atoms with Crippen LogP contribution in [0.25, 0.3) is 0 Å². The van der Waals surface area contributed by atoms with Gasteiger partial charge < -0.3 is 29.9 Å². The first kappa shape index (κ1) is 27.4. The number of aliphatic carboxylic acids is 1. The molecule has 2 aromatic rings. The molecule has 36 heavy (non-hydrogen) atoms. The number of rotatable bonds is 9. The van der Waals surface area contributed by atoms with Crippen LogP contribution in [0, 0.1) is 12.3 Å². The number of amides is 2. The lowest BCUT2D eigenvalue weighted by atomic mass is 9.73. The predicted octanol–water partition coefficient (Wildman–Crippen LogP) is 4.72. The molecule has 0 bridgehead atoms. The summed E-state index contributed by atoms with van der Waals surface area (Å²) in [5.74, 6) is -0.681. The van der Waals surface area contributed by atoms with Crippen LogP contribution < -0.4 is 14.8 Å². The zero-order valence-corrected chi connectivity index (χ0v) is 21.4. The molecule has 1 fully saturated rings. The van der Waals surface area contributed by atoms with Crippen molar-refractivity contribution in [2.24, 2.45) is 5.41 Å². The van der Waals surface area contributed by atoms with E-state index >= 15 is 0 Å². The van der Waals surface area contributed by atoms with E-state index in [1.165, 1.54) is 0 Å². The summed E-state index contributed by atoms with van der Waals surface area (Å²) in [7, 11) is 0. The molecular weight excluding hydrogens is 511 g/mol. The highest BCUT2D eigenvalue weighted by Gasteiger charge is 2.50. The maximum absolute atomic E-state index is 12.9. The van der Waals surface area contributed by atoms with E-state index in [1.54, 1.807) is 43.3 Å². The normalized spacial score (nSPS) is 19.4. The van der Waals surface area contributed by atoms with Crippen molar-refractivity contribution in [3.8, 4) is 11.5 Å². The van der Waals surface area contributed by atoms with Crippen molar-refractivity contribution in [2.45, 2.75) is 32.7 Å². The monoisotopic (exact) mass is 538 g/mol. The van der Waals surface area contributed by atoms with Gasteiger partial charge in [-0.3, -0.25) is 9.59 Å². The fraction of sp³-hybridized carbons (Fsp3) is 0.400. The third-order valence-electron chi connectivity index (χ3n) is 6.32. The number of carboxylic acid groups (broad SMARTS) is 2. The molecule has 3 N–H and O–H groups in total. The Balaban J connectivity index is 1.57. The quantitative estimate of drug-likeness (QED) is 0.394. The largest absolute Gasteiger partial charge is 0.490 e. The van der Waals surface area contributed by atoms with E-state index in [1.807, 2.05) is 6.92 Å². The van der Waals surface area contributed by atoms with Gasteiger partial charge in [0.25, 0.3) is 5.91 Å². The van der Waals surface area contributed by atoms with Crippen LogP contribution in [0.15, 0.2) is 36.4 Å². The molecule has 2 aromatic carbocycles. The lowest BCUT2D eigenvalue weighted by Crippen LogP contribution is -2.62. The van der Waals surface area contributed by atoms with E-state index in [0.717, 1.165) is 10.5 Å². The van der Waals surface area contributed by atoms with Gasteiger partial charge in [0, 0.05) is 24.7 Å². The highest BCUT2D eigenvalue weighted by Crippen LogP contribution is 2.35. The lowest BCUT2D eigenvalue weighted by molar-refractivity contribution is -0.154. The van der Waals surface area contributed by atoms with E-state index in [4.69, 9.17) is 32.7 Å². The highest BCUT2D eigenvalue weighted by atomic mass is 35.5. The van der Waals surface area contributed by atoms with Gasteiger partial charge in [-0.15, -0.1) is 0 Å². The average molecular weight is 539 g/mol. The van der Waals surface area contributed by atoms with Crippen molar-refractivity contribution in [1.29, 1.82) is 0 Å². The van der Waals surface area contributed by atoms with Crippen LogP contribution >= 0.6 is 23.2 Å².